The third kappa shape index (κ3) is 2.19. The minimum atomic E-state index is -0.226. The van der Waals surface area contributed by atoms with Gasteiger partial charge in [-0.25, -0.2) is 4.39 Å². The molecule has 0 spiro atoms. The van der Waals surface area contributed by atoms with Crippen molar-refractivity contribution in [3.05, 3.63) is 24.0 Å². The van der Waals surface area contributed by atoms with Gasteiger partial charge in [-0.15, -0.1) is 0 Å². The highest BCUT2D eigenvalue weighted by atomic mass is 19.1. The van der Waals surface area contributed by atoms with E-state index in [4.69, 9.17) is 10.6 Å². The lowest BCUT2D eigenvalue weighted by molar-refractivity contribution is 0.122. The van der Waals surface area contributed by atoms with Gasteiger partial charge in [0.15, 0.2) is 0 Å². The van der Waals surface area contributed by atoms with Crippen LogP contribution < -0.4 is 16.2 Å². The summed E-state index contributed by atoms with van der Waals surface area (Å²) in [7, 11) is 0. The maximum Gasteiger partial charge on any atom is 0.146 e. The molecule has 4 nitrogen and oxygen atoms in total. The Morgan fingerprint density at radius 1 is 1.33 bits per heavy atom. The van der Waals surface area contributed by atoms with Crippen LogP contribution in [-0.4, -0.2) is 26.3 Å². The molecule has 0 radical (unpaired) electrons. The first-order chi connectivity index (χ1) is 7.31. The number of nitrogens with one attached hydrogen (secondary N) is 1. The van der Waals surface area contributed by atoms with Crippen molar-refractivity contribution in [2.24, 2.45) is 5.84 Å². The molecule has 0 saturated carbocycles. The van der Waals surface area contributed by atoms with Crippen LogP contribution in [0.3, 0.4) is 0 Å². The van der Waals surface area contributed by atoms with Crippen molar-refractivity contribution in [1.82, 2.24) is 0 Å². The summed E-state index contributed by atoms with van der Waals surface area (Å²) in [5.74, 6) is 5.06. The number of nitrogens with zero attached hydrogens (tertiary/aromatic N) is 1. The molecule has 1 aliphatic rings. The van der Waals surface area contributed by atoms with Gasteiger partial charge in [-0.1, -0.05) is 0 Å². The van der Waals surface area contributed by atoms with Crippen molar-refractivity contribution >= 4 is 11.4 Å². The average molecular weight is 211 g/mol. The van der Waals surface area contributed by atoms with E-state index in [1.807, 2.05) is 4.90 Å². The molecule has 1 aliphatic heterocycles. The molecule has 1 aromatic rings. The summed E-state index contributed by atoms with van der Waals surface area (Å²) in [6.45, 7) is 2.70. The topological polar surface area (TPSA) is 50.5 Å². The van der Waals surface area contributed by atoms with Gasteiger partial charge in [0.2, 0.25) is 0 Å². The first-order valence-corrected chi connectivity index (χ1v) is 4.90. The predicted molar refractivity (Wildman–Crippen MR) is 57.2 cm³/mol. The smallest absolute Gasteiger partial charge is 0.146 e. The molecular weight excluding hydrogens is 197 g/mol. The second kappa shape index (κ2) is 4.46. The second-order valence-electron chi connectivity index (χ2n) is 3.41. The van der Waals surface area contributed by atoms with E-state index < -0.39 is 0 Å². The van der Waals surface area contributed by atoms with Crippen LogP contribution in [-0.2, 0) is 4.74 Å². The van der Waals surface area contributed by atoms with Gasteiger partial charge in [-0.2, -0.15) is 0 Å². The third-order valence-corrected chi connectivity index (χ3v) is 2.46. The predicted octanol–water partition coefficient (Wildman–Crippen LogP) is 0.948. The molecule has 2 rings (SSSR count). The highest BCUT2D eigenvalue weighted by molar-refractivity contribution is 5.58. The monoisotopic (exact) mass is 211 g/mol. The zero-order valence-corrected chi connectivity index (χ0v) is 8.37. The Balaban J connectivity index is 2.24. The van der Waals surface area contributed by atoms with E-state index in [9.17, 15) is 4.39 Å². The number of nitrogens with two attached hydrogens (primary N) is 1. The third-order valence-electron chi connectivity index (χ3n) is 2.46. The normalized spacial score (nSPS) is 16.5. The van der Waals surface area contributed by atoms with E-state index in [1.54, 1.807) is 12.1 Å². The lowest BCUT2D eigenvalue weighted by Gasteiger charge is -2.29. The molecule has 1 fully saturated rings. The van der Waals surface area contributed by atoms with Crippen molar-refractivity contribution in [2.45, 2.75) is 0 Å². The Labute approximate surface area is 87.8 Å². The molecule has 15 heavy (non-hydrogen) atoms. The standard InChI is InChI=1S/C10H14FN3O/c11-9-2-1-8(13-12)7-10(9)14-3-5-15-6-4-14/h1-2,7,13H,3-6,12H2. The summed E-state index contributed by atoms with van der Waals surface area (Å²) < 4.78 is 18.8. The second-order valence-corrected chi connectivity index (χ2v) is 3.41. The lowest BCUT2D eigenvalue weighted by Crippen LogP contribution is -2.36. The molecule has 0 bridgehead atoms. The van der Waals surface area contributed by atoms with Gasteiger partial charge >= 0.3 is 0 Å². The summed E-state index contributed by atoms with van der Waals surface area (Å²) in [5.41, 5.74) is 3.79. The fourth-order valence-electron chi connectivity index (χ4n) is 1.65. The maximum absolute atomic E-state index is 13.5. The van der Waals surface area contributed by atoms with Gasteiger partial charge in [0, 0.05) is 13.1 Å². The van der Waals surface area contributed by atoms with Gasteiger partial charge < -0.3 is 15.1 Å². The molecule has 0 atom stereocenters. The van der Waals surface area contributed by atoms with Crippen LogP contribution in [0.1, 0.15) is 0 Å². The molecule has 0 aromatic heterocycles. The van der Waals surface area contributed by atoms with E-state index in [1.165, 1.54) is 6.07 Å². The van der Waals surface area contributed by atoms with Crippen LogP contribution in [0, 0.1) is 5.82 Å². The van der Waals surface area contributed by atoms with Gasteiger partial charge in [-0.05, 0) is 18.2 Å². The van der Waals surface area contributed by atoms with Crippen LogP contribution in [0.4, 0.5) is 15.8 Å². The fourth-order valence-corrected chi connectivity index (χ4v) is 1.65. The van der Waals surface area contributed by atoms with Crippen molar-refractivity contribution in [3.63, 3.8) is 0 Å². The van der Waals surface area contributed by atoms with Crippen molar-refractivity contribution in [1.29, 1.82) is 0 Å². The van der Waals surface area contributed by atoms with Crippen molar-refractivity contribution in [3.8, 4) is 0 Å². The lowest BCUT2D eigenvalue weighted by atomic mass is 10.2. The molecule has 3 N–H and O–H groups in total. The molecule has 0 amide bonds. The number of hydrogen-bond acceptors (Lipinski definition) is 4. The number of hydrazine groups is 1. The van der Waals surface area contributed by atoms with E-state index in [2.05, 4.69) is 5.43 Å². The number of ether oxygens (including phenoxy) is 1. The molecule has 0 unspecified atom stereocenters. The quantitative estimate of drug-likeness (QED) is 0.565. The minimum absolute atomic E-state index is 0.226. The van der Waals surface area contributed by atoms with Gasteiger partial charge in [0.1, 0.15) is 5.82 Å². The molecule has 0 aliphatic carbocycles. The molecule has 1 heterocycles. The van der Waals surface area contributed by atoms with E-state index in [0.29, 0.717) is 37.7 Å². The zero-order valence-electron chi connectivity index (χ0n) is 8.37. The average Bonchev–Trinajstić information content (AvgIpc) is 2.31. The summed E-state index contributed by atoms with van der Waals surface area (Å²) >= 11 is 0. The van der Waals surface area contributed by atoms with Crippen LogP contribution in [0.5, 0.6) is 0 Å². The van der Waals surface area contributed by atoms with E-state index >= 15 is 0 Å². The Bertz CT molecular complexity index is 339. The van der Waals surface area contributed by atoms with Gasteiger partial charge in [-0.3, -0.25) is 5.84 Å². The van der Waals surface area contributed by atoms with E-state index in [0.717, 1.165) is 0 Å². The highest BCUT2D eigenvalue weighted by Crippen LogP contribution is 2.23. The fraction of sp³-hybridized carbons (Fsp3) is 0.400. The van der Waals surface area contributed by atoms with Crippen molar-refractivity contribution < 1.29 is 9.13 Å². The SMILES string of the molecule is NNc1ccc(F)c(N2CCOCC2)c1. The molecule has 1 aromatic carbocycles. The van der Waals surface area contributed by atoms with E-state index in [-0.39, 0.29) is 5.82 Å². The molecule has 82 valence electrons. The Hall–Kier alpha value is -1.33. The Kier molecular flexibility index (Phi) is 3.03. The summed E-state index contributed by atoms with van der Waals surface area (Å²) in [6.07, 6.45) is 0. The Morgan fingerprint density at radius 2 is 2.07 bits per heavy atom. The zero-order chi connectivity index (χ0) is 10.7. The summed E-state index contributed by atoms with van der Waals surface area (Å²) in [6, 6.07) is 4.74. The molecule has 5 heteroatoms. The largest absolute Gasteiger partial charge is 0.378 e. The number of rotatable bonds is 2. The van der Waals surface area contributed by atoms with Crippen LogP contribution in [0.15, 0.2) is 18.2 Å². The van der Waals surface area contributed by atoms with Crippen molar-refractivity contribution in [2.75, 3.05) is 36.6 Å². The molecule has 1 saturated heterocycles. The Morgan fingerprint density at radius 3 is 2.73 bits per heavy atom. The summed E-state index contributed by atoms with van der Waals surface area (Å²) in [4.78, 5) is 1.96. The minimum Gasteiger partial charge on any atom is -0.378 e. The summed E-state index contributed by atoms with van der Waals surface area (Å²) in [5, 5.41) is 0. The van der Waals surface area contributed by atoms with Gasteiger partial charge in [0.05, 0.1) is 24.6 Å². The number of nitrogen functional groups attached to an aromatic ring is 1. The number of halogens is 1. The van der Waals surface area contributed by atoms with Crippen LogP contribution >= 0.6 is 0 Å². The van der Waals surface area contributed by atoms with Gasteiger partial charge in [0.25, 0.3) is 0 Å². The first kappa shape index (κ1) is 10.2. The van der Waals surface area contributed by atoms with Crippen LogP contribution in [0.2, 0.25) is 0 Å². The number of anilines is 2. The number of benzene rings is 1. The maximum atomic E-state index is 13.5. The number of hydrogen-bond donors (Lipinski definition) is 2. The molecular formula is C10H14FN3O. The van der Waals surface area contributed by atoms with Crippen LogP contribution in [0.25, 0.3) is 0 Å². The number of morpholine rings is 1. The first-order valence-electron chi connectivity index (χ1n) is 4.90. The highest BCUT2D eigenvalue weighted by Gasteiger charge is 2.15.